The van der Waals surface area contributed by atoms with Crippen molar-refractivity contribution < 1.29 is 14.7 Å². The molecule has 1 heterocycles. The maximum atomic E-state index is 12.4. The Labute approximate surface area is 147 Å². The van der Waals surface area contributed by atoms with E-state index < -0.39 is 11.9 Å². The van der Waals surface area contributed by atoms with Gasteiger partial charge in [0.1, 0.15) is 0 Å². The van der Waals surface area contributed by atoms with Crippen LogP contribution in [-0.2, 0) is 4.79 Å². The lowest BCUT2D eigenvalue weighted by atomic mass is 9.82. The largest absolute Gasteiger partial charge is 0.504 e. The average molecular weight is 341 g/mol. The normalized spacial score (nSPS) is 24.1. The van der Waals surface area contributed by atoms with E-state index in [1.165, 1.54) is 12.6 Å². The molecule has 1 aromatic rings. The molecule has 0 unspecified atom stereocenters. The second-order valence-corrected chi connectivity index (χ2v) is 6.59. The van der Waals surface area contributed by atoms with Gasteiger partial charge < -0.3 is 10.4 Å². The number of urea groups is 1. The monoisotopic (exact) mass is 341 g/mol. The van der Waals surface area contributed by atoms with E-state index in [4.69, 9.17) is 0 Å². The molecule has 1 aliphatic carbocycles. The van der Waals surface area contributed by atoms with Crippen LogP contribution in [0.5, 0.6) is 0 Å². The lowest BCUT2D eigenvalue weighted by molar-refractivity contribution is -0.119. The zero-order chi connectivity index (χ0) is 18.0. The molecule has 1 aromatic carbocycles. The van der Waals surface area contributed by atoms with Crippen LogP contribution < -0.4 is 10.6 Å². The second kappa shape index (κ2) is 7.01. The Hall–Kier alpha value is -2.76. The van der Waals surface area contributed by atoms with Crippen molar-refractivity contribution in [1.29, 1.82) is 0 Å². The number of hydrogen-bond donors (Lipinski definition) is 3. The van der Waals surface area contributed by atoms with Gasteiger partial charge in [0.25, 0.3) is 5.91 Å². The first-order chi connectivity index (χ1) is 12.0. The summed E-state index contributed by atoms with van der Waals surface area (Å²) < 4.78 is 0. The minimum absolute atomic E-state index is 0.0394. The summed E-state index contributed by atoms with van der Waals surface area (Å²) in [5.74, 6) is -0.245. The van der Waals surface area contributed by atoms with Crippen LogP contribution in [0.2, 0.25) is 0 Å². The summed E-state index contributed by atoms with van der Waals surface area (Å²) in [5, 5.41) is 15.4. The van der Waals surface area contributed by atoms with Crippen LogP contribution >= 0.6 is 0 Å². The summed E-state index contributed by atoms with van der Waals surface area (Å²) >= 11 is 0. The third-order valence-electron chi connectivity index (χ3n) is 5.01. The quantitative estimate of drug-likeness (QED) is 0.791. The van der Waals surface area contributed by atoms with Gasteiger partial charge in [0, 0.05) is 13.1 Å². The van der Waals surface area contributed by atoms with E-state index in [9.17, 15) is 14.7 Å². The number of nitrogens with zero attached hydrogens (tertiary/aromatic N) is 1. The van der Waals surface area contributed by atoms with E-state index in [1.54, 1.807) is 0 Å². The first kappa shape index (κ1) is 17.1. The third kappa shape index (κ3) is 3.52. The van der Waals surface area contributed by atoms with Crippen molar-refractivity contribution in [2.45, 2.75) is 37.6 Å². The lowest BCUT2D eigenvalue weighted by Crippen LogP contribution is -2.48. The van der Waals surface area contributed by atoms with Crippen LogP contribution in [0.25, 0.3) is 0 Å². The molecule has 6 heteroatoms. The highest BCUT2D eigenvalue weighted by molar-refractivity contribution is 6.00. The lowest BCUT2D eigenvalue weighted by Gasteiger charge is -2.31. The van der Waals surface area contributed by atoms with E-state index in [-0.39, 0.29) is 23.2 Å². The summed E-state index contributed by atoms with van der Waals surface area (Å²) in [6, 6.07) is 9.96. The number of hydrogen-bond acceptors (Lipinski definition) is 3. The highest BCUT2D eigenvalue weighted by Crippen LogP contribution is 2.32. The van der Waals surface area contributed by atoms with E-state index in [1.807, 2.05) is 18.2 Å². The molecule has 1 aliphatic heterocycles. The van der Waals surface area contributed by atoms with Crippen molar-refractivity contribution in [3.63, 3.8) is 0 Å². The number of likely N-dealkylation sites (N-methyl/N-ethyl adjacent to an activating group) is 1. The average Bonchev–Trinajstić information content (AvgIpc) is 2.64. The van der Waals surface area contributed by atoms with Gasteiger partial charge >= 0.3 is 6.03 Å². The number of carbonyl (C=O) groups is 2. The number of nitrogens with one attached hydrogen (secondary N) is 2. The van der Waals surface area contributed by atoms with Gasteiger partial charge in [-0.1, -0.05) is 36.9 Å². The Kier molecular flexibility index (Phi) is 4.79. The first-order valence-corrected chi connectivity index (χ1v) is 8.50. The Morgan fingerprint density at radius 2 is 1.88 bits per heavy atom. The van der Waals surface area contributed by atoms with Crippen molar-refractivity contribution in [1.82, 2.24) is 15.5 Å². The maximum Gasteiger partial charge on any atom is 0.326 e. The predicted octanol–water partition coefficient (Wildman–Crippen LogP) is 2.77. The van der Waals surface area contributed by atoms with Crippen LogP contribution in [0.15, 0.2) is 54.1 Å². The van der Waals surface area contributed by atoms with Crippen molar-refractivity contribution in [3.8, 4) is 0 Å². The molecule has 3 amide bonds. The molecule has 0 saturated heterocycles. The van der Waals surface area contributed by atoms with E-state index in [0.29, 0.717) is 5.92 Å². The summed E-state index contributed by atoms with van der Waals surface area (Å²) in [7, 11) is 1.48. The van der Waals surface area contributed by atoms with Gasteiger partial charge in [-0.3, -0.25) is 15.0 Å². The minimum atomic E-state index is -0.485. The maximum absolute atomic E-state index is 12.4. The first-order valence-electron chi connectivity index (χ1n) is 8.50. The number of aliphatic hydroxyl groups is 1. The number of amides is 3. The molecule has 3 N–H and O–H groups in total. The fourth-order valence-corrected chi connectivity index (χ4v) is 3.39. The molecule has 25 heavy (non-hydrogen) atoms. The third-order valence-corrected chi connectivity index (χ3v) is 5.01. The zero-order valence-corrected chi connectivity index (χ0v) is 14.3. The fourth-order valence-electron chi connectivity index (χ4n) is 3.39. The number of benzene rings is 1. The van der Waals surface area contributed by atoms with Gasteiger partial charge in [-0.05, 0) is 37.2 Å². The van der Waals surface area contributed by atoms with Crippen LogP contribution in [0.4, 0.5) is 4.79 Å². The van der Waals surface area contributed by atoms with Crippen molar-refractivity contribution in [2.24, 2.45) is 0 Å². The van der Waals surface area contributed by atoms with Gasteiger partial charge in [-0.2, -0.15) is 0 Å². The van der Waals surface area contributed by atoms with Crippen molar-refractivity contribution in [2.75, 3.05) is 7.05 Å². The van der Waals surface area contributed by atoms with E-state index in [0.717, 1.165) is 30.6 Å². The summed E-state index contributed by atoms with van der Waals surface area (Å²) in [6.45, 7) is 3.63. The molecule has 0 bridgehead atoms. The molecule has 2 aliphatic rings. The van der Waals surface area contributed by atoms with Gasteiger partial charge in [-0.15, -0.1) is 0 Å². The summed E-state index contributed by atoms with van der Waals surface area (Å²) in [6.07, 6.45) is 3.74. The highest BCUT2D eigenvalue weighted by atomic mass is 16.3. The summed E-state index contributed by atoms with van der Waals surface area (Å²) in [5.41, 5.74) is 1.33. The number of aliphatic hydroxyl groups excluding tert-OH is 1. The zero-order valence-electron chi connectivity index (χ0n) is 14.3. The Bertz CT molecular complexity index is 719. The number of rotatable bonds is 3. The van der Waals surface area contributed by atoms with E-state index >= 15 is 0 Å². The molecule has 1 fully saturated rings. The van der Waals surface area contributed by atoms with Crippen molar-refractivity contribution in [3.05, 3.63) is 59.6 Å². The van der Waals surface area contributed by atoms with Gasteiger partial charge in [0.15, 0.2) is 11.5 Å². The van der Waals surface area contributed by atoms with Crippen molar-refractivity contribution >= 4 is 11.9 Å². The summed E-state index contributed by atoms with van der Waals surface area (Å²) in [4.78, 5) is 25.4. The highest BCUT2D eigenvalue weighted by Gasteiger charge is 2.31. The Morgan fingerprint density at radius 3 is 2.52 bits per heavy atom. The molecule has 0 radical (unpaired) electrons. The molecular weight excluding hydrogens is 318 g/mol. The topological polar surface area (TPSA) is 81.7 Å². The van der Waals surface area contributed by atoms with Crippen LogP contribution in [-0.4, -0.2) is 35.0 Å². The van der Waals surface area contributed by atoms with E-state index in [2.05, 4.69) is 29.3 Å². The molecule has 0 atom stereocenters. The molecular formula is C19H23N3O3. The van der Waals surface area contributed by atoms with Gasteiger partial charge in [-0.25, -0.2) is 4.79 Å². The molecule has 3 rings (SSSR count). The molecule has 0 aromatic heterocycles. The van der Waals surface area contributed by atoms with Crippen LogP contribution in [0, 0.1) is 0 Å². The minimum Gasteiger partial charge on any atom is -0.504 e. The van der Waals surface area contributed by atoms with Crippen LogP contribution in [0.1, 0.15) is 37.2 Å². The van der Waals surface area contributed by atoms with Gasteiger partial charge in [0.2, 0.25) is 0 Å². The predicted molar refractivity (Wildman–Crippen MR) is 94.7 cm³/mol. The second-order valence-electron chi connectivity index (χ2n) is 6.59. The van der Waals surface area contributed by atoms with Gasteiger partial charge in [0.05, 0.1) is 5.70 Å². The number of carbonyl (C=O) groups excluding carboxylic acids is 2. The molecule has 6 nitrogen and oxygen atoms in total. The fraction of sp³-hybridized carbons (Fsp3) is 0.368. The Balaban J connectivity index is 1.60. The molecule has 1 saturated carbocycles. The standard InChI is InChI=1S/C19H23N3O3/c1-12-17(23)16(21-19(25)22(12)2)18(24)20-15-10-8-14(9-11-15)13-6-4-3-5-7-13/h3-7,14-15,23H,1,8-11H2,2H3,(H,20,24)(H,21,25)/t14-,15+. The molecule has 0 spiro atoms. The smallest absolute Gasteiger partial charge is 0.326 e. The SMILES string of the molecule is C=C1C(O)=C(C(=O)N[C@H]2CC[C@@H](c3ccccc3)CC2)NC(=O)N1C. The van der Waals surface area contributed by atoms with Crippen LogP contribution in [0.3, 0.4) is 0 Å². The Morgan fingerprint density at radius 1 is 1.24 bits per heavy atom. The molecule has 132 valence electrons.